The molecule has 180 valence electrons. The quantitative estimate of drug-likeness (QED) is 0.246. The molecule has 1 aliphatic heterocycles. The van der Waals surface area contributed by atoms with Gasteiger partial charge in [-0.05, 0) is 53.5 Å². The van der Waals surface area contributed by atoms with Gasteiger partial charge >= 0.3 is 0 Å². The first-order chi connectivity index (χ1) is 17.0. The number of benzene rings is 3. The summed E-state index contributed by atoms with van der Waals surface area (Å²) in [5, 5.41) is 0. The molecule has 0 amide bonds. The van der Waals surface area contributed by atoms with Gasteiger partial charge in [0.15, 0.2) is 17.9 Å². The number of ether oxygens (including phenoxy) is 2. The van der Waals surface area contributed by atoms with Crippen molar-refractivity contribution in [1.29, 1.82) is 0 Å². The van der Waals surface area contributed by atoms with Gasteiger partial charge in [-0.25, -0.2) is 13.2 Å². The number of hydrogen-bond acceptors (Lipinski definition) is 2. The molecule has 2 nitrogen and oxygen atoms in total. The van der Waals surface area contributed by atoms with Gasteiger partial charge in [0.25, 0.3) is 0 Å². The Morgan fingerprint density at radius 2 is 1.54 bits per heavy atom. The minimum atomic E-state index is -0.852. The van der Waals surface area contributed by atoms with E-state index in [9.17, 15) is 13.2 Å². The Bertz CT molecular complexity index is 1170. The maximum atomic E-state index is 14.8. The van der Waals surface area contributed by atoms with Crippen LogP contribution in [0.1, 0.15) is 37.2 Å². The van der Waals surface area contributed by atoms with Crippen molar-refractivity contribution < 1.29 is 22.6 Å². The Hall–Kier alpha value is -2.83. The van der Waals surface area contributed by atoms with Crippen LogP contribution in [0.3, 0.4) is 0 Å². The highest BCUT2D eigenvalue weighted by molar-refractivity contribution is 6.08. The fraction of sp³-hybridized carbons (Fsp3) is 0.310. The lowest BCUT2D eigenvalue weighted by Crippen LogP contribution is -2.27. The van der Waals surface area contributed by atoms with Crippen LogP contribution in [0.15, 0.2) is 66.7 Å². The molecule has 3 aromatic rings. The maximum Gasteiger partial charge on any atom is 0.186 e. The topological polar surface area (TPSA) is 18.5 Å². The standard InChI is InChI=1S/C29H28BF3O2/c1-2-3-4-5-6-22-11-13-24(28(33)27(22)32)21-9-7-20(8-10-21)23-12-14-25(26(31)15-23)29-34-17-19(16-30)18-35-29/h3-4,7-15,19,29H,2,5-6,16-18H2,1H3/b4-3+. The lowest BCUT2D eigenvalue weighted by atomic mass is 9.92. The molecule has 0 aliphatic carbocycles. The van der Waals surface area contributed by atoms with Crippen molar-refractivity contribution in [3.63, 3.8) is 0 Å². The summed E-state index contributed by atoms with van der Waals surface area (Å²) in [6.07, 6.45) is 5.73. The summed E-state index contributed by atoms with van der Waals surface area (Å²) in [5.41, 5.74) is 2.87. The molecular weight excluding hydrogens is 448 g/mol. The molecule has 0 unspecified atom stereocenters. The van der Waals surface area contributed by atoms with Crippen molar-refractivity contribution in [1.82, 2.24) is 0 Å². The Morgan fingerprint density at radius 1 is 0.857 bits per heavy atom. The Morgan fingerprint density at radius 3 is 2.20 bits per heavy atom. The SMILES string of the molecule is [B]CC1COC(c2ccc(-c3ccc(-c4ccc(CC/C=C/CC)c(F)c4F)cc3)cc2F)OC1. The summed E-state index contributed by atoms with van der Waals surface area (Å²) >= 11 is 0. The van der Waals surface area contributed by atoms with E-state index in [1.807, 2.05) is 19.1 Å². The smallest absolute Gasteiger partial charge is 0.186 e. The van der Waals surface area contributed by atoms with Crippen molar-refractivity contribution in [2.75, 3.05) is 13.2 Å². The van der Waals surface area contributed by atoms with Crippen LogP contribution in [-0.2, 0) is 15.9 Å². The first-order valence-electron chi connectivity index (χ1n) is 12.0. The Kier molecular flexibility index (Phi) is 8.48. The van der Waals surface area contributed by atoms with Crippen molar-refractivity contribution >= 4 is 7.85 Å². The van der Waals surface area contributed by atoms with E-state index in [4.69, 9.17) is 17.3 Å². The van der Waals surface area contributed by atoms with Crippen molar-refractivity contribution in [2.24, 2.45) is 5.92 Å². The molecule has 0 spiro atoms. The van der Waals surface area contributed by atoms with Gasteiger partial charge in [0.2, 0.25) is 0 Å². The molecule has 3 aromatic carbocycles. The molecule has 1 heterocycles. The summed E-state index contributed by atoms with van der Waals surface area (Å²) in [7, 11) is 5.62. The van der Waals surface area contributed by atoms with Gasteiger partial charge in [-0.2, -0.15) is 0 Å². The molecule has 1 aliphatic rings. The first-order valence-corrected chi connectivity index (χ1v) is 12.0. The highest BCUT2D eigenvalue weighted by Crippen LogP contribution is 2.32. The number of halogens is 3. The molecule has 1 saturated heterocycles. The average molecular weight is 476 g/mol. The van der Waals surface area contributed by atoms with Gasteiger partial charge in [-0.1, -0.05) is 73.9 Å². The Balaban J connectivity index is 1.49. The van der Waals surface area contributed by atoms with E-state index in [2.05, 4.69) is 0 Å². The summed E-state index contributed by atoms with van der Waals surface area (Å²) in [5.74, 6) is -1.97. The predicted octanol–water partition coefficient (Wildman–Crippen LogP) is 7.59. The van der Waals surface area contributed by atoms with E-state index in [1.54, 1.807) is 48.5 Å². The molecule has 0 bridgehead atoms. The number of hydrogen-bond donors (Lipinski definition) is 0. The van der Waals surface area contributed by atoms with Crippen LogP contribution in [0.5, 0.6) is 0 Å². The van der Waals surface area contributed by atoms with Gasteiger partial charge in [0, 0.05) is 11.1 Å². The van der Waals surface area contributed by atoms with Crippen LogP contribution in [0, 0.1) is 23.4 Å². The van der Waals surface area contributed by atoms with E-state index in [-0.39, 0.29) is 11.5 Å². The summed E-state index contributed by atoms with van der Waals surface area (Å²) in [6.45, 7) is 2.89. The molecule has 6 heteroatoms. The third-order valence-electron chi connectivity index (χ3n) is 6.23. The zero-order valence-electron chi connectivity index (χ0n) is 19.8. The van der Waals surface area contributed by atoms with Crippen LogP contribution in [-0.4, -0.2) is 21.1 Å². The van der Waals surface area contributed by atoms with Crippen LogP contribution < -0.4 is 0 Å². The van der Waals surface area contributed by atoms with Gasteiger partial charge in [0.1, 0.15) is 5.82 Å². The second-order valence-electron chi connectivity index (χ2n) is 8.73. The van der Waals surface area contributed by atoms with E-state index < -0.39 is 23.7 Å². The van der Waals surface area contributed by atoms with Gasteiger partial charge in [0.05, 0.1) is 21.1 Å². The third kappa shape index (κ3) is 5.88. The van der Waals surface area contributed by atoms with Crippen molar-refractivity contribution in [2.45, 2.75) is 38.8 Å². The first kappa shape index (κ1) is 25.3. The van der Waals surface area contributed by atoms with Crippen molar-refractivity contribution in [3.8, 4) is 22.3 Å². The molecule has 2 radical (unpaired) electrons. The maximum absolute atomic E-state index is 14.8. The fourth-order valence-corrected chi connectivity index (χ4v) is 4.13. The van der Waals surface area contributed by atoms with E-state index in [0.717, 1.165) is 12.0 Å². The lowest BCUT2D eigenvalue weighted by molar-refractivity contribution is -0.203. The summed E-state index contributed by atoms with van der Waals surface area (Å²) < 4.78 is 55.5. The fourth-order valence-electron chi connectivity index (χ4n) is 4.13. The third-order valence-corrected chi connectivity index (χ3v) is 6.23. The van der Waals surface area contributed by atoms with Crippen LogP contribution in [0.4, 0.5) is 13.2 Å². The lowest BCUT2D eigenvalue weighted by Gasteiger charge is -2.29. The molecule has 35 heavy (non-hydrogen) atoms. The van der Waals surface area contributed by atoms with Crippen LogP contribution in [0.25, 0.3) is 22.3 Å². The number of rotatable bonds is 8. The predicted molar refractivity (Wildman–Crippen MR) is 134 cm³/mol. The van der Waals surface area contributed by atoms with Gasteiger partial charge in [-0.3, -0.25) is 0 Å². The Labute approximate surface area is 206 Å². The average Bonchev–Trinajstić information content (AvgIpc) is 2.89. The number of allylic oxidation sites excluding steroid dienone is 2. The van der Waals surface area contributed by atoms with E-state index in [1.165, 1.54) is 6.07 Å². The van der Waals surface area contributed by atoms with Crippen molar-refractivity contribution in [3.05, 3.63) is 95.3 Å². The second-order valence-corrected chi connectivity index (χ2v) is 8.73. The minimum absolute atomic E-state index is 0.115. The van der Waals surface area contributed by atoms with Gasteiger partial charge < -0.3 is 9.47 Å². The van der Waals surface area contributed by atoms with E-state index in [0.29, 0.717) is 54.6 Å². The molecular formula is C29H28BF3O2. The van der Waals surface area contributed by atoms with E-state index >= 15 is 0 Å². The second kappa shape index (κ2) is 11.7. The van der Waals surface area contributed by atoms with Gasteiger partial charge in [-0.15, -0.1) is 0 Å². The molecule has 1 fully saturated rings. The van der Waals surface area contributed by atoms with Crippen LogP contribution >= 0.6 is 0 Å². The number of aryl methyl sites for hydroxylation is 1. The highest BCUT2D eigenvalue weighted by atomic mass is 19.2. The molecule has 0 aromatic heterocycles. The monoisotopic (exact) mass is 476 g/mol. The summed E-state index contributed by atoms with van der Waals surface area (Å²) in [6, 6.07) is 15.1. The van der Waals surface area contributed by atoms with Crippen LogP contribution in [0.2, 0.25) is 6.32 Å². The normalized spacial score (nSPS) is 18.3. The molecule has 0 N–H and O–H groups in total. The largest absolute Gasteiger partial charge is 0.348 e. The molecule has 4 rings (SSSR count). The molecule has 0 saturated carbocycles. The zero-order valence-corrected chi connectivity index (χ0v) is 19.8. The molecule has 0 atom stereocenters. The highest BCUT2D eigenvalue weighted by Gasteiger charge is 2.25. The minimum Gasteiger partial charge on any atom is -0.348 e. The summed E-state index contributed by atoms with van der Waals surface area (Å²) in [4.78, 5) is 0. The zero-order chi connectivity index (χ0) is 24.8.